The van der Waals surface area contributed by atoms with E-state index >= 15 is 0 Å². The average Bonchev–Trinajstić information content (AvgIpc) is 0.918. The van der Waals surface area contributed by atoms with Crippen LogP contribution in [0.15, 0.2) is 0 Å². The molecule has 2 heteroatoms. The molecule has 0 radical (unpaired) electrons. The monoisotopic (exact) mass is 93.0 g/mol. The summed E-state index contributed by atoms with van der Waals surface area (Å²) in [4.78, 5) is 0. The van der Waals surface area contributed by atoms with Gasteiger partial charge in [-0.1, -0.05) is 0 Å². The fraction of sp³-hybridized carbons (Fsp3) is 1.00. The van der Waals surface area contributed by atoms with E-state index in [-0.39, 0.29) is 21.7 Å². The zero-order valence-electron chi connectivity index (χ0n) is 3.00. The Balaban J connectivity index is 0. The second-order valence-corrected chi connectivity index (χ2v) is 0.500. The van der Waals surface area contributed by atoms with E-state index in [0.717, 1.165) is 0 Å². The second-order valence-electron chi connectivity index (χ2n) is 0.500. The van der Waals surface area contributed by atoms with E-state index in [9.17, 15) is 0 Å². The molecule has 1 nitrogen and oxygen atoms in total. The van der Waals surface area contributed by atoms with Gasteiger partial charge in [-0.15, -0.1) is 0 Å². The summed E-state index contributed by atoms with van der Waals surface area (Å²) in [7, 11) is 3.75. The van der Waals surface area contributed by atoms with Gasteiger partial charge in [0, 0.05) is 21.7 Å². The number of hydrogen-bond donors (Lipinski definition) is 1. The van der Waals surface area contributed by atoms with Crippen molar-refractivity contribution < 1.29 is 21.7 Å². The molecule has 0 atom stereocenters. The maximum atomic E-state index is 2.75. The molecule has 0 aromatic carbocycles. The molecular weight excluding hydrogens is 85.9 g/mol. The van der Waals surface area contributed by atoms with Crippen LogP contribution in [0, 0.1) is 0 Å². The minimum Gasteiger partial charge on any atom is -0.323 e. The Kier molecular flexibility index (Phi) is 20.7. The van der Waals surface area contributed by atoms with E-state index in [4.69, 9.17) is 0 Å². The Morgan fingerprint density at radius 1 is 1.25 bits per heavy atom. The van der Waals surface area contributed by atoms with Gasteiger partial charge in [0.15, 0.2) is 0 Å². The molecule has 0 unspecified atom stereocenters. The number of hydrogen-bond acceptors (Lipinski definition) is 1. The first-order valence-electron chi connectivity index (χ1n) is 1.00. The topological polar surface area (TPSA) is 12.0 Å². The van der Waals surface area contributed by atoms with Crippen LogP contribution >= 0.6 is 0 Å². The molecule has 0 heterocycles. The van der Waals surface area contributed by atoms with Crippen LogP contribution in [0.3, 0.4) is 0 Å². The van der Waals surface area contributed by atoms with Crippen molar-refractivity contribution in [2.24, 2.45) is 0 Å². The van der Waals surface area contributed by atoms with E-state index < -0.39 is 0 Å². The van der Waals surface area contributed by atoms with Crippen LogP contribution in [0.1, 0.15) is 0 Å². The summed E-state index contributed by atoms with van der Waals surface area (Å²) < 4.78 is 0. The zero-order chi connectivity index (χ0) is 2.71. The molecule has 0 amide bonds. The van der Waals surface area contributed by atoms with Gasteiger partial charge in [0.05, 0.1) is 0 Å². The summed E-state index contributed by atoms with van der Waals surface area (Å²) in [6.45, 7) is 0. The van der Waals surface area contributed by atoms with Crippen LogP contribution in [0.2, 0.25) is 0 Å². The molecule has 0 bridgehead atoms. The van der Waals surface area contributed by atoms with Crippen LogP contribution in [0.5, 0.6) is 0 Å². The van der Waals surface area contributed by atoms with E-state index in [1.54, 1.807) is 0 Å². The smallest absolute Gasteiger partial charge is 0 e. The maximum Gasteiger partial charge on any atom is 0 e. The molecule has 0 rings (SSSR count). The van der Waals surface area contributed by atoms with Crippen LogP contribution in [0.4, 0.5) is 0 Å². The molecule has 0 aromatic heterocycles. The van der Waals surface area contributed by atoms with Gasteiger partial charge in [0.2, 0.25) is 0 Å². The van der Waals surface area contributed by atoms with Crippen LogP contribution < -0.4 is 5.32 Å². The summed E-state index contributed by atoms with van der Waals surface area (Å²) in [5.41, 5.74) is 0. The van der Waals surface area contributed by atoms with Gasteiger partial charge in [-0.3, -0.25) is 0 Å². The van der Waals surface area contributed by atoms with Crippen molar-refractivity contribution in [3.05, 3.63) is 0 Å². The normalized spacial score (nSPS) is 4.50. The van der Waals surface area contributed by atoms with E-state index in [0.29, 0.717) is 0 Å². The minimum atomic E-state index is 0. The van der Waals surface area contributed by atoms with E-state index in [2.05, 4.69) is 5.32 Å². The third kappa shape index (κ3) is 16.5. The van der Waals surface area contributed by atoms with Gasteiger partial charge in [-0.2, -0.15) is 0 Å². The van der Waals surface area contributed by atoms with Crippen molar-refractivity contribution in [1.29, 1.82) is 0 Å². The molecule has 0 aliphatic rings. The molecule has 0 spiro atoms. The first kappa shape index (κ1) is 8.82. The third-order valence-corrected chi connectivity index (χ3v) is 0. The van der Waals surface area contributed by atoms with Crippen molar-refractivity contribution in [2.75, 3.05) is 14.1 Å². The van der Waals surface area contributed by atoms with Gasteiger partial charge in [0.25, 0.3) is 0 Å². The van der Waals surface area contributed by atoms with E-state index in [1.165, 1.54) is 0 Å². The number of rotatable bonds is 0. The van der Waals surface area contributed by atoms with Crippen molar-refractivity contribution in [2.45, 2.75) is 0 Å². The molecule has 0 aromatic rings. The quantitative estimate of drug-likeness (QED) is 0.410. The molecule has 24 valence electrons. The molecule has 0 saturated heterocycles. The Morgan fingerprint density at radius 2 is 1.25 bits per heavy atom. The SMILES string of the molecule is CNC.[Ti]. The fourth-order valence-corrected chi connectivity index (χ4v) is 0. The van der Waals surface area contributed by atoms with Crippen LogP contribution in [-0.2, 0) is 21.7 Å². The van der Waals surface area contributed by atoms with Gasteiger partial charge in [0.1, 0.15) is 0 Å². The first-order valence-corrected chi connectivity index (χ1v) is 1.00. The van der Waals surface area contributed by atoms with Crippen molar-refractivity contribution in [3.63, 3.8) is 0 Å². The molecule has 0 aliphatic heterocycles. The van der Waals surface area contributed by atoms with E-state index in [1.807, 2.05) is 14.1 Å². The van der Waals surface area contributed by atoms with Crippen LogP contribution in [0.25, 0.3) is 0 Å². The Labute approximate surface area is 41.7 Å². The molecular formula is C2H7NTi. The molecule has 4 heavy (non-hydrogen) atoms. The predicted molar refractivity (Wildman–Crippen MR) is 15.0 cm³/mol. The Hall–Kier alpha value is 0.674. The Morgan fingerprint density at radius 3 is 1.25 bits per heavy atom. The molecule has 0 saturated carbocycles. The first-order chi connectivity index (χ1) is 1.41. The zero-order valence-corrected chi connectivity index (χ0v) is 4.56. The van der Waals surface area contributed by atoms with Crippen molar-refractivity contribution in [1.82, 2.24) is 5.32 Å². The molecule has 0 aliphatic carbocycles. The summed E-state index contributed by atoms with van der Waals surface area (Å²) in [5, 5.41) is 2.75. The van der Waals surface area contributed by atoms with Crippen molar-refractivity contribution >= 4 is 0 Å². The van der Waals surface area contributed by atoms with Crippen LogP contribution in [-0.4, -0.2) is 14.1 Å². The Bertz CT molecular complexity index is 6.00. The third-order valence-electron chi connectivity index (χ3n) is 0. The summed E-state index contributed by atoms with van der Waals surface area (Å²) >= 11 is 0. The minimum absolute atomic E-state index is 0. The predicted octanol–water partition coefficient (Wildman–Crippen LogP) is -0.167. The summed E-state index contributed by atoms with van der Waals surface area (Å²) in [6, 6.07) is 0. The summed E-state index contributed by atoms with van der Waals surface area (Å²) in [6.07, 6.45) is 0. The second kappa shape index (κ2) is 9.37. The van der Waals surface area contributed by atoms with Gasteiger partial charge < -0.3 is 5.32 Å². The largest absolute Gasteiger partial charge is 0.323 e. The fourth-order valence-electron chi connectivity index (χ4n) is 0. The standard InChI is InChI=1S/C2H7N.Ti/c1-3-2;/h3H,1-2H3;. The van der Waals surface area contributed by atoms with Crippen molar-refractivity contribution in [3.8, 4) is 0 Å². The number of nitrogens with one attached hydrogen (secondary N) is 1. The average molecular weight is 93.0 g/mol. The van der Waals surface area contributed by atoms with Gasteiger partial charge >= 0.3 is 0 Å². The maximum absolute atomic E-state index is 2.75. The van der Waals surface area contributed by atoms with Gasteiger partial charge in [-0.25, -0.2) is 0 Å². The molecule has 1 N–H and O–H groups in total. The summed E-state index contributed by atoms with van der Waals surface area (Å²) in [5.74, 6) is 0. The molecule has 0 fully saturated rings. The van der Waals surface area contributed by atoms with Gasteiger partial charge in [-0.05, 0) is 14.1 Å².